The van der Waals surface area contributed by atoms with Crippen LogP contribution in [0, 0.1) is 0 Å². The predicted octanol–water partition coefficient (Wildman–Crippen LogP) is 9.21. The second-order valence-electron chi connectivity index (χ2n) is 4.89. The average molecular weight is 456 g/mol. The van der Waals surface area contributed by atoms with Gasteiger partial charge in [0.05, 0.1) is 5.56 Å². The van der Waals surface area contributed by atoms with Gasteiger partial charge < -0.3 is 4.98 Å². The summed E-state index contributed by atoms with van der Waals surface area (Å²) in [5.74, 6) is 0. The molecule has 0 amide bonds. The van der Waals surface area contributed by atoms with Crippen LogP contribution in [-0.4, -0.2) is 4.98 Å². The highest BCUT2D eigenvalue weighted by Crippen LogP contribution is 2.33. The van der Waals surface area contributed by atoms with Gasteiger partial charge in [-0.2, -0.15) is 13.2 Å². The maximum absolute atomic E-state index is 12.8. The normalized spacial score (nSPS) is 9.79. The zero-order valence-corrected chi connectivity index (χ0v) is 18.9. The third-order valence-electron chi connectivity index (χ3n) is 3.36. The van der Waals surface area contributed by atoms with Gasteiger partial charge in [0.1, 0.15) is 0 Å². The number of rotatable bonds is 2. The summed E-state index contributed by atoms with van der Waals surface area (Å²) in [6.45, 7) is 12.0. The molecular formula is C23H29BrF3N. The Morgan fingerprint density at radius 1 is 0.714 bits per heavy atom. The number of aromatic nitrogens is 1. The molecule has 0 saturated carbocycles. The lowest BCUT2D eigenvalue weighted by Gasteiger charge is -2.07. The first kappa shape index (κ1) is 26.0. The Morgan fingerprint density at radius 2 is 1.29 bits per heavy atom. The summed E-state index contributed by atoms with van der Waals surface area (Å²) in [6, 6.07) is 14.9. The van der Waals surface area contributed by atoms with Gasteiger partial charge in [-0.1, -0.05) is 81.7 Å². The summed E-state index contributed by atoms with van der Waals surface area (Å²) in [4.78, 5) is 3.10. The molecule has 5 heteroatoms. The minimum atomic E-state index is -4.33. The van der Waals surface area contributed by atoms with Crippen LogP contribution < -0.4 is 0 Å². The lowest BCUT2D eigenvalue weighted by Crippen LogP contribution is -2.04. The van der Waals surface area contributed by atoms with Crippen molar-refractivity contribution in [3.8, 4) is 22.4 Å². The van der Waals surface area contributed by atoms with Crippen molar-refractivity contribution in [3.05, 3.63) is 70.8 Å². The van der Waals surface area contributed by atoms with Crippen LogP contribution >= 0.6 is 15.9 Å². The van der Waals surface area contributed by atoms with Crippen LogP contribution in [0.5, 0.6) is 0 Å². The van der Waals surface area contributed by atoms with Crippen molar-refractivity contribution in [1.29, 1.82) is 0 Å². The van der Waals surface area contributed by atoms with Gasteiger partial charge in [0.15, 0.2) is 0 Å². The molecule has 154 valence electrons. The molecule has 0 aliphatic rings. The van der Waals surface area contributed by atoms with Crippen molar-refractivity contribution < 1.29 is 13.2 Å². The summed E-state index contributed by atoms with van der Waals surface area (Å²) >= 11 is 3.37. The Morgan fingerprint density at radius 3 is 1.82 bits per heavy atom. The van der Waals surface area contributed by atoms with Gasteiger partial charge in [0.2, 0.25) is 0 Å². The predicted molar refractivity (Wildman–Crippen MR) is 118 cm³/mol. The Labute approximate surface area is 175 Å². The zero-order valence-electron chi connectivity index (χ0n) is 17.3. The minimum Gasteiger partial charge on any atom is -0.361 e. The molecule has 0 spiro atoms. The molecule has 1 N–H and O–H groups in total. The molecule has 3 rings (SSSR count). The van der Waals surface area contributed by atoms with E-state index in [1.54, 1.807) is 12.3 Å². The van der Waals surface area contributed by atoms with Gasteiger partial charge in [-0.15, -0.1) is 0 Å². The van der Waals surface area contributed by atoms with Crippen molar-refractivity contribution in [1.82, 2.24) is 4.98 Å². The van der Waals surface area contributed by atoms with Crippen LogP contribution in [0.25, 0.3) is 22.4 Å². The molecule has 0 atom stereocenters. The van der Waals surface area contributed by atoms with Crippen LogP contribution in [0.15, 0.2) is 65.3 Å². The van der Waals surface area contributed by atoms with E-state index in [0.29, 0.717) is 5.56 Å². The molecule has 0 aliphatic heterocycles. The van der Waals surface area contributed by atoms with E-state index in [1.165, 1.54) is 6.07 Å². The van der Waals surface area contributed by atoms with Gasteiger partial charge in [-0.05, 0) is 47.0 Å². The van der Waals surface area contributed by atoms with E-state index in [0.717, 1.165) is 33.4 Å². The van der Waals surface area contributed by atoms with Crippen molar-refractivity contribution in [2.24, 2.45) is 0 Å². The van der Waals surface area contributed by atoms with E-state index in [1.807, 2.05) is 71.9 Å². The van der Waals surface area contributed by atoms with Crippen LogP contribution in [0.4, 0.5) is 13.2 Å². The lowest BCUT2D eigenvalue weighted by molar-refractivity contribution is -0.137. The maximum atomic E-state index is 12.8. The SMILES string of the molecule is CC.CC.CC.FC(F)(F)c1cccc(-c2c[nH]c(-c3ccc(Br)cc3)c2)c1. The number of halogens is 4. The molecule has 0 unspecified atom stereocenters. The maximum Gasteiger partial charge on any atom is 0.416 e. The first-order valence-corrected chi connectivity index (χ1v) is 10.3. The number of alkyl halides is 3. The fraction of sp³-hybridized carbons (Fsp3) is 0.304. The molecule has 1 nitrogen and oxygen atoms in total. The standard InChI is InChI=1S/C17H11BrF3N.3C2H6/c18-15-6-4-11(5-7-15)16-9-13(10-22-16)12-2-1-3-14(8-12)17(19,20)21;3*1-2/h1-10,22H;3*1-2H3. The topological polar surface area (TPSA) is 15.8 Å². The average Bonchev–Trinajstić information content (AvgIpc) is 3.23. The van der Waals surface area contributed by atoms with E-state index < -0.39 is 11.7 Å². The largest absolute Gasteiger partial charge is 0.416 e. The third-order valence-corrected chi connectivity index (χ3v) is 3.89. The number of hydrogen-bond acceptors (Lipinski definition) is 0. The number of H-pyrrole nitrogens is 1. The first-order chi connectivity index (χ1) is 13.4. The Bertz CT molecular complexity index is 790. The summed E-state index contributed by atoms with van der Waals surface area (Å²) in [5.41, 5.74) is 2.45. The van der Waals surface area contributed by atoms with Gasteiger partial charge in [0, 0.05) is 16.4 Å². The molecule has 3 aromatic rings. The number of aromatic amines is 1. The molecular weight excluding hydrogens is 427 g/mol. The fourth-order valence-electron chi connectivity index (χ4n) is 2.23. The summed E-state index contributed by atoms with van der Waals surface area (Å²) < 4.78 is 39.3. The van der Waals surface area contributed by atoms with Crippen molar-refractivity contribution in [3.63, 3.8) is 0 Å². The van der Waals surface area contributed by atoms with Gasteiger partial charge in [-0.3, -0.25) is 0 Å². The van der Waals surface area contributed by atoms with E-state index in [2.05, 4.69) is 20.9 Å². The molecule has 0 aliphatic carbocycles. The molecule has 0 fully saturated rings. The zero-order chi connectivity index (χ0) is 21.7. The van der Waals surface area contributed by atoms with Crippen molar-refractivity contribution in [2.45, 2.75) is 47.7 Å². The van der Waals surface area contributed by atoms with Crippen molar-refractivity contribution in [2.75, 3.05) is 0 Å². The van der Waals surface area contributed by atoms with E-state index in [9.17, 15) is 13.2 Å². The van der Waals surface area contributed by atoms with Crippen molar-refractivity contribution >= 4 is 15.9 Å². The molecule has 28 heavy (non-hydrogen) atoms. The van der Waals surface area contributed by atoms with E-state index in [-0.39, 0.29) is 0 Å². The second-order valence-corrected chi connectivity index (χ2v) is 5.80. The van der Waals surface area contributed by atoms with Crippen LogP contribution in [0.2, 0.25) is 0 Å². The monoisotopic (exact) mass is 455 g/mol. The van der Waals surface area contributed by atoms with Crippen LogP contribution in [-0.2, 0) is 6.18 Å². The fourth-order valence-corrected chi connectivity index (χ4v) is 2.50. The number of benzene rings is 2. The van der Waals surface area contributed by atoms with Crippen LogP contribution in [0.1, 0.15) is 47.1 Å². The van der Waals surface area contributed by atoms with Gasteiger partial charge in [0.25, 0.3) is 0 Å². The highest BCUT2D eigenvalue weighted by atomic mass is 79.9. The second kappa shape index (κ2) is 13.2. The molecule has 0 saturated heterocycles. The van der Waals surface area contributed by atoms with Gasteiger partial charge in [-0.25, -0.2) is 0 Å². The molecule has 0 radical (unpaired) electrons. The quantitative estimate of drug-likeness (QED) is 0.396. The minimum absolute atomic E-state index is 0.537. The smallest absolute Gasteiger partial charge is 0.361 e. The first-order valence-electron chi connectivity index (χ1n) is 9.55. The van der Waals surface area contributed by atoms with Gasteiger partial charge >= 0.3 is 6.18 Å². The highest BCUT2D eigenvalue weighted by molar-refractivity contribution is 9.10. The highest BCUT2D eigenvalue weighted by Gasteiger charge is 2.30. The lowest BCUT2D eigenvalue weighted by atomic mass is 10.0. The molecule has 2 aromatic carbocycles. The van der Waals surface area contributed by atoms with E-state index >= 15 is 0 Å². The van der Waals surface area contributed by atoms with Crippen LogP contribution in [0.3, 0.4) is 0 Å². The molecule has 1 heterocycles. The number of hydrogen-bond donors (Lipinski definition) is 1. The third kappa shape index (κ3) is 7.55. The number of nitrogens with one attached hydrogen (secondary N) is 1. The molecule has 0 bridgehead atoms. The summed E-state index contributed by atoms with van der Waals surface area (Å²) in [7, 11) is 0. The summed E-state index contributed by atoms with van der Waals surface area (Å²) in [6.07, 6.45) is -2.62. The van der Waals surface area contributed by atoms with E-state index in [4.69, 9.17) is 0 Å². The Kier molecular flexibility index (Phi) is 12.3. The Hall–Kier alpha value is -2.01. The summed E-state index contributed by atoms with van der Waals surface area (Å²) in [5, 5.41) is 0. The molecule has 1 aromatic heterocycles. The Balaban J connectivity index is 0.00000111.